The molecule has 3 fully saturated rings. The van der Waals surface area contributed by atoms with Crippen molar-refractivity contribution in [2.75, 3.05) is 0 Å². The first kappa shape index (κ1) is 30.4. The van der Waals surface area contributed by atoms with Gasteiger partial charge in [0.1, 0.15) is 0 Å². The van der Waals surface area contributed by atoms with Gasteiger partial charge in [-0.3, -0.25) is 4.79 Å². The third-order valence-corrected chi connectivity index (χ3v) is 12.3. The first-order valence-electron chi connectivity index (χ1n) is 14.1. The van der Waals surface area contributed by atoms with E-state index in [4.69, 9.17) is 8.85 Å². The van der Waals surface area contributed by atoms with E-state index in [1.807, 2.05) is 13.8 Å². The number of carbonyl (C=O) groups excluding carboxylic acids is 1. The number of aliphatic hydroxyl groups is 2. The topological polar surface area (TPSA) is 76.0 Å². The van der Waals surface area contributed by atoms with Crippen LogP contribution in [0.2, 0.25) is 39.3 Å². The molecule has 4 aliphatic rings. The Balaban J connectivity index is 1.90. The third-order valence-electron chi connectivity index (χ3n) is 10.3. The zero-order valence-corrected chi connectivity index (χ0v) is 26.5. The Morgan fingerprint density at radius 3 is 2.08 bits per heavy atom. The van der Waals surface area contributed by atoms with E-state index in [1.165, 1.54) is 6.92 Å². The van der Waals surface area contributed by atoms with Crippen molar-refractivity contribution in [3.63, 3.8) is 0 Å². The van der Waals surface area contributed by atoms with E-state index in [9.17, 15) is 28.2 Å². The van der Waals surface area contributed by atoms with Crippen LogP contribution in [0, 0.1) is 28.6 Å². The van der Waals surface area contributed by atoms with Gasteiger partial charge in [0.2, 0.25) is 0 Å². The highest BCUT2D eigenvalue weighted by Gasteiger charge is 2.74. The summed E-state index contributed by atoms with van der Waals surface area (Å²) in [5, 5.41) is 21.0. The first-order valence-corrected chi connectivity index (χ1v) is 20.9. The Morgan fingerprint density at radius 2 is 1.55 bits per heavy atom. The molecule has 38 heavy (non-hydrogen) atoms. The molecule has 0 spiro atoms. The molecule has 218 valence electrons. The molecule has 0 heterocycles. The van der Waals surface area contributed by atoms with Crippen molar-refractivity contribution in [1.29, 1.82) is 0 Å². The van der Waals surface area contributed by atoms with Gasteiger partial charge >= 0.3 is 6.18 Å². The van der Waals surface area contributed by atoms with Crippen LogP contribution in [0.5, 0.6) is 0 Å². The molecule has 0 radical (unpaired) electrons. The summed E-state index contributed by atoms with van der Waals surface area (Å²) in [7, 11) is -4.91. The number of alkyl halides is 3. The number of aliphatic hydroxyl groups excluding tert-OH is 2. The van der Waals surface area contributed by atoms with Crippen molar-refractivity contribution >= 4 is 22.4 Å². The van der Waals surface area contributed by atoms with Crippen molar-refractivity contribution in [2.45, 2.75) is 128 Å². The van der Waals surface area contributed by atoms with Crippen LogP contribution in [0.25, 0.3) is 0 Å². The molecule has 0 bridgehead atoms. The lowest BCUT2D eigenvalue weighted by atomic mass is 9.45. The van der Waals surface area contributed by atoms with Crippen LogP contribution < -0.4 is 0 Å². The monoisotopic (exact) mass is 576 g/mol. The molecule has 4 rings (SSSR count). The lowest BCUT2D eigenvalue weighted by Gasteiger charge is -2.63. The Bertz CT molecular complexity index is 1000. The average molecular weight is 577 g/mol. The Labute approximate surface area is 227 Å². The van der Waals surface area contributed by atoms with Crippen LogP contribution in [0.4, 0.5) is 13.2 Å². The van der Waals surface area contributed by atoms with Gasteiger partial charge in [-0.2, -0.15) is 13.2 Å². The van der Waals surface area contributed by atoms with Crippen molar-refractivity contribution in [3.05, 3.63) is 11.6 Å². The Morgan fingerprint density at radius 1 is 0.947 bits per heavy atom. The van der Waals surface area contributed by atoms with E-state index < -0.39 is 68.9 Å². The summed E-state index contributed by atoms with van der Waals surface area (Å²) in [6, 6.07) is 0. The molecule has 0 aromatic heterocycles. The zero-order chi connectivity index (χ0) is 28.9. The fourth-order valence-corrected chi connectivity index (χ4v) is 12.0. The van der Waals surface area contributed by atoms with Gasteiger partial charge in [-0.25, -0.2) is 0 Å². The summed E-state index contributed by atoms with van der Waals surface area (Å²) in [4.78, 5) is 13.7. The minimum absolute atomic E-state index is 0.104. The predicted molar refractivity (Wildman–Crippen MR) is 146 cm³/mol. The van der Waals surface area contributed by atoms with Gasteiger partial charge in [0.25, 0.3) is 0 Å². The minimum atomic E-state index is -4.56. The summed E-state index contributed by atoms with van der Waals surface area (Å²) in [5.41, 5.74) is -4.00. The van der Waals surface area contributed by atoms with E-state index in [0.717, 1.165) is 5.57 Å². The van der Waals surface area contributed by atoms with Crippen LogP contribution in [-0.4, -0.2) is 62.2 Å². The van der Waals surface area contributed by atoms with Crippen LogP contribution in [-0.2, 0) is 13.6 Å². The second-order valence-electron chi connectivity index (χ2n) is 15.1. The first-order chi connectivity index (χ1) is 17.0. The van der Waals surface area contributed by atoms with Crippen LogP contribution >= 0.6 is 0 Å². The second kappa shape index (κ2) is 8.98. The lowest BCUT2D eigenvalue weighted by Crippen LogP contribution is -2.66. The largest absolute Gasteiger partial charge is 0.416 e. The minimum Gasteiger partial charge on any atom is -0.408 e. The number of hydrogen-bond acceptors (Lipinski definition) is 5. The molecule has 1 unspecified atom stereocenters. The molecule has 2 N–H and O–H groups in total. The fraction of sp³-hybridized carbons (Fsp3) is 0.893. The standard InChI is InChI=1S/C28H47F3O5Si2/c1-24-16-22(34)21(33)15-19(24)20(32)14-18-17(24)10-12-25(2)23(11-13-27(18,25)36-38(7,8)9)26(3,28(29,30)31)35-37(4,5)6/h14,17,19,21-23,33-34H,10-13,15-16H2,1-9H3/t17-,19-,21+,22-,23-,24+,25+,26?,27+/m0/s1. The van der Waals surface area contributed by atoms with Gasteiger partial charge in [-0.05, 0) is 108 Å². The maximum absolute atomic E-state index is 15.0. The Kier molecular flexibility index (Phi) is 7.20. The molecule has 10 heteroatoms. The van der Waals surface area contributed by atoms with Crippen LogP contribution in [0.15, 0.2) is 11.6 Å². The number of halogens is 3. The molecule has 0 aliphatic heterocycles. The quantitative estimate of drug-likeness (QED) is 0.380. The molecule has 9 atom stereocenters. The number of rotatable bonds is 5. The fourth-order valence-electron chi connectivity index (χ4n) is 8.94. The van der Waals surface area contributed by atoms with E-state index in [2.05, 4.69) is 19.6 Å². The van der Waals surface area contributed by atoms with Crippen LogP contribution in [0.3, 0.4) is 0 Å². The normalized spacial score (nSPS) is 43.6. The van der Waals surface area contributed by atoms with Crippen molar-refractivity contribution < 1.29 is 37.0 Å². The molecule has 5 nitrogen and oxygen atoms in total. The average Bonchev–Trinajstić information content (AvgIpc) is 3.00. The van der Waals surface area contributed by atoms with E-state index in [-0.39, 0.29) is 24.5 Å². The van der Waals surface area contributed by atoms with Gasteiger partial charge in [-0.1, -0.05) is 13.8 Å². The highest BCUT2D eigenvalue weighted by molar-refractivity contribution is 6.70. The van der Waals surface area contributed by atoms with Crippen molar-refractivity contribution in [1.82, 2.24) is 0 Å². The molecule has 0 aromatic carbocycles. The number of allylic oxidation sites excluding steroid dienone is 1. The molecule has 0 amide bonds. The van der Waals surface area contributed by atoms with Gasteiger partial charge in [-0.15, -0.1) is 0 Å². The van der Waals surface area contributed by atoms with Gasteiger partial charge in [0.05, 0.1) is 17.8 Å². The highest BCUT2D eigenvalue weighted by Crippen LogP contribution is 2.71. The SMILES string of the molecule is CC(O[Si](C)(C)C)([C@H]1CC[C@@]2(O[Si](C)(C)C)C3=CC(=O)[C@@H]4C[C@@H](O)[C@@H](O)C[C@]4(C)[C@H]3CC[C@]12C)C(F)(F)F. The van der Waals surface area contributed by atoms with Crippen LogP contribution in [0.1, 0.15) is 59.3 Å². The molecule has 0 aromatic rings. The summed E-state index contributed by atoms with van der Waals surface area (Å²) < 4.78 is 58.1. The molecule has 3 saturated carbocycles. The van der Waals surface area contributed by atoms with E-state index >= 15 is 0 Å². The summed E-state index contributed by atoms with van der Waals surface area (Å²) in [6.45, 7) is 16.7. The second-order valence-corrected chi connectivity index (χ2v) is 24.0. The number of hydrogen-bond donors (Lipinski definition) is 2. The number of fused-ring (bicyclic) bond motifs is 5. The third kappa shape index (κ3) is 4.53. The highest BCUT2D eigenvalue weighted by atomic mass is 28.4. The van der Waals surface area contributed by atoms with Crippen molar-refractivity contribution in [3.8, 4) is 0 Å². The maximum Gasteiger partial charge on any atom is 0.416 e. The zero-order valence-electron chi connectivity index (χ0n) is 24.5. The van der Waals surface area contributed by atoms with Gasteiger partial charge in [0, 0.05) is 17.3 Å². The Hall–Kier alpha value is -0.526. The number of carbonyl (C=O) groups is 1. The molecule has 0 saturated heterocycles. The van der Waals surface area contributed by atoms with Gasteiger partial charge in [0.15, 0.2) is 28.0 Å². The molecule has 4 aliphatic carbocycles. The van der Waals surface area contributed by atoms with Gasteiger partial charge < -0.3 is 19.1 Å². The van der Waals surface area contributed by atoms with E-state index in [1.54, 1.807) is 25.7 Å². The smallest absolute Gasteiger partial charge is 0.408 e. The van der Waals surface area contributed by atoms with Crippen molar-refractivity contribution in [2.24, 2.45) is 28.6 Å². The summed E-state index contributed by atoms with van der Waals surface area (Å²) in [5.74, 6) is -1.46. The van der Waals surface area contributed by atoms with E-state index in [0.29, 0.717) is 25.7 Å². The summed E-state index contributed by atoms with van der Waals surface area (Å²) >= 11 is 0. The number of ketones is 1. The molecular formula is C28H47F3O5Si2. The molecular weight excluding hydrogens is 529 g/mol. The lowest BCUT2D eigenvalue weighted by molar-refractivity contribution is -0.280. The maximum atomic E-state index is 15.0. The summed E-state index contributed by atoms with van der Waals surface area (Å²) in [6.07, 6.45) is -2.46. The predicted octanol–water partition coefficient (Wildman–Crippen LogP) is 6.22.